The van der Waals surface area contributed by atoms with Gasteiger partial charge in [-0.25, -0.2) is 4.39 Å². The van der Waals surface area contributed by atoms with E-state index in [2.05, 4.69) is 5.32 Å². The number of rotatable bonds is 7. The van der Waals surface area contributed by atoms with Crippen molar-refractivity contribution < 1.29 is 36.7 Å². The van der Waals surface area contributed by atoms with Crippen molar-refractivity contribution in [2.75, 3.05) is 36.5 Å². The molecule has 164 valence electrons. The second-order valence-electron chi connectivity index (χ2n) is 7.08. The summed E-state index contributed by atoms with van der Waals surface area (Å²) in [4.78, 5) is 38.1. The number of nitrogens with two attached hydrogens (primary N) is 1. The van der Waals surface area contributed by atoms with Crippen LogP contribution in [-0.2, 0) is 19.1 Å². The van der Waals surface area contributed by atoms with Crippen molar-refractivity contribution in [2.24, 2.45) is 5.73 Å². The lowest BCUT2D eigenvalue weighted by Gasteiger charge is -2.29. The number of nitrogens with one attached hydrogen (secondary N) is 1. The largest absolute Gasteiger partial charge is 0.401 e. The Balaban J connectivity index is 1.76. The van der Waals surface area contributed by atoms with Crippen LogP contribution in [0.25, 0.3) is 0 Å². The second-order valence-corrected chi connectivity index (χ2v) is 7.08. The molecule has 8 nitrogen and oxygen atoms in total. The van der Waals surface area contributed by atoms with E-state index in [0.717, 1.165) is 11.0 Å². The summed E-state index contributed by atoms with van der Waals surface area (Å²) in [5, 5.41) is 2.24. The van der Waals surface area contributed by atoms with Gasteiger partial charge < -0.3 is 20.7 Å². The number of carbonyl (C=O) groups excluding carboxylic acids is 3. The summed E-state index contributed by atoms with van der Waals surface area (Å²) in [6, 6.07) is 1.01. The third-order valence-corrected chi connectivity index (χ3v) is 4.72. The molecular weight excluding hydrogens is 412 g/mol. The Bertz CT molecular complexity index is 844. The molecule has 3 rings (SSSR count). The van der Waals surface area contributed by atoms with E-state index in [4.69, 9.17) is 10.5 Å². The zero-order valence-electron chi connectivity index (χ0n) is 15.7. The molecule has 0 aromatic heterocycles. The quantitative estimate of drug-likeness (QED) is 0.494. The van der Waals surface area contributed by atoms with E-state index in [0.29, 0.717) is 12.8 Å². The molecule has 1 heterocycles. The van der Waals surface area contributed by atoms with Gasteiger partial charge in [0.15, 0.2) is 6.04 Å². The van der Waals surface area contributed by atoms with Crippen LogP contribution in [0.1, 0.15) is 12.8 Å². The smallest absolute Gasteiger partial charge is 0.370 e. The van der Waals surface area contributed by atoms with Crippen LogP contribution in [-0.4, -0.2) is 67.2 Å². The van der Waals surface area contributed by atoms with Crippen LogP contribution in [0.2, 0.25) is 0 Å². The van der Waals surface area contributed by atoms with E-state index in [-0.39, 0.29) is 31.1 Å². The van der Waals surface area contributed by atoms with E-state index >= 15 is 0 Å². The second kappa shape index (κ2) is 8.56. The normalized spacial score (nSPS) is 18.4. The molecule has 3 amide bonds. The fourth-order valence-electron chi connectivity index (χ4n) is 3.27. The Morgan fingerprint density at radius 1 is 1.33 bits per heavy atom. The molecule has 1 aromatic carbocycles. The molecule has 3 N–H and O–H groups in total. The number of hydrogen-bond donors (Lipinski definition) is 2. The van der Waals surface area contributed by atoms with Gasteiger partial charge >= 0.3 is 6.18 Å². The number of alkyl halides is 3. The number of ether oxygens (including phenoxy) is 1. The van der Waals surface area contributed by atoms with Gasteiger partial charge in [0.1, 0.15) is 12.4 Å². The number of hydrogen-bond acceptors (Lipinski definition) is 5. The van der Waals surface area contributed by atoms with Gasteiger partial charge in [-0.05, 0) is 31.0 Å². The summed E-state index contributed by atoms with van der Waals surface area (Å²) >= 11 is 0. The van der Waals surface area contributed by atoms with Crippen molar-refractivity contribution in [1.82, 2.24) is 4.90 Å². The Morgan fingerprint density at radius 2 is 2.03 bits per heavy atom. The number of halogens is 4. The number of primary amides is 1. The summed E-state index contributed by atoms with van der Waals surface area (Å²) in [7, 11) is 0. The van der Waals surface area contributed by atoms with Crippen molar-refractivity contribution in [3.63, 3.8) is 0 Å². The van der Waals surface area contributed by atoms with Crippen molar-refractivity contribution in [3.8, 4) is 0 Å². The Labute approximate surface area is 168 Å². The zero-order chi connectivity index (χ0) is 22.1. The molecule has 12 heteroatoms. The van der Waals surface area contributed by atoms with Crippen molar-refractivity contribution in [1.29, 1.82) is 0 Å². The fraction of sp³-hybridized carbons (Fsp3) is 0.500. The van der Waals surface area contributed by atoms with Crippen LogP contribution in [0.4, 0.5) is 28.9 Å². The van der Waals surface area contributed by atoms with Gasteiger partial charge in [-0.1, -0.05) is 0 Å². The molecule has 2 fully saturated rings. The lowest BCUT2D eigenvalue weighted by molar-refractivity contribution is -0.158. The highest BCUT2D eigenvalue weighted by atomic mass is 19.4. The number of amides is 3. The molecule has 30 heavy (non-hydrogen) atoms. The van der Waals surface area contributed by atoms with E-state index < -0.39 is 48.3 Å². The Hall–Kier alpha value is -2.73. The highest BCUT2D eigenvalue weighted by Gasteiger charge is 2.45. The van der Waals surface area contributed by atoms with Crippen LogP contribution < -0.4 is 16.0 Å². The molecule has 1 saturated heterocycles. The van der Waals surface area contributed by atoms with E-state index in [9.17, 15) is 31.9 Å². The molecule has 0 spiro atoms. The highest BCUT2D eigenvalue weighted by molar-refractivity contribution is 6.09. The van der Waals surface area contributed by atoms with Gasteiger partial charge in [-0.2, -0.15) is 13.2 Å². The third kappa shape index (κ3) is 5.25. The Morgan fingerprint density at radius 3 is 2.57 bits per heavy atom. The highest BCUT2D eigenvalue weighted by Crippen LogP contribution is 2.32. The molecular formula is C18H20F4N4O4. The summed E-state index contributed by atoms with van der Waals surface area (Å²) in [5.41, 5.74) is 5.09. The molecule has 2 aliphatic rings. The SMILES string of the molecule is NC(=O)[C@@H](C(=O)Nc1ccc(N2CCOCC2=O)c(F)c1)N(CC(F)(F)F)C1CC1. The monoisotopic (exact) mass is 432 g/mol. The van der Waals surface area contributed by atoms with Gasteiger partial charge in [-0.15, -0.1) is 0 Å². The third-order valence-electron chi connectivity index (χ3n) is 4.72. The Kier molecular flexibility index (Phi) is 6.27. The fourth-order valence-corrected chi connectivity index (χ4v) is 3.27. The van der Waals surface area contributed by atoms with Gasteiger partial charge in [-0.3, -0.25) is 19.3 Å². The first-order valence-corrected chi connectivity index (χ1v) is 9.17. The number of carbonyl (C=O) groups is 3. The van der Waals surface area contributed by atoms with Crippen LogP contribution in [0.15, 0.2) is 18.2 Å². The topological polar surface area (TPSA) is 105 Å². The summed E-state index contributed by atoms with van der Waals surface area (Å²) in [6.45, 7) is -1.27. The summed E-state index contributed by atoms with van der Waals surface area (Å²) in [6.07, 6.45) is -3.82. The first-order chi connectivity index (χ1) is 14.1. The van der Waals surface area contributed by atoms with Crippen LogP contribution in [0, 0.1) is 5.82 Å². The van der Waals surface area contributed by atoms with E-state index in [1.165, 1.54) is 17.0 Å². The molecule has 1 atom stereocenters. The minimum atomic E-state index is -4.63. The van der Waals surface area contributed by atoms with Gasteiger partial charge in [0.05, 0.1) is 18.8 Å². The average molecular weight is 432 g/mol. The standard InChI is InChI=1S/C18H20F4N4O4/c19-12-7-10(1-4-13(12)25-5-6-30-8-14(25)27)24-17(29)15(16(23)28)26(11-2-3-11)9-18(20,21)22/h1,4,7,11,15H,2-3,5-6,8-9H2,(H2,23,28)(H,24,29)/t15-/m0/s1. The molecule has 1 aliphatic carbocycles. The summed E-state index contributed by atoms with van der Waals surface area (Å²) < 4.78 is 58.2. The maximum absolute atomic E-state index is 14.5. The first kappa shape index (κ1) is 22.0. The average Bonchev–Trinajstić information content (AvgIpc) is 3.46. The number of nitrogens with zero attached hydrogens (tertiary/aromatic N) is 2. The van der Waals surface area contributed by atoms with Gasteiger partial charge in [0.2, 0.25) is 5.91 Å². The van der Waals surface area contributed by atoms with Gasteiger partial charge in [0, 0.05) is 18.3 Å². The van der Waals surface area contributed by atoms with Gasteiger partial charge in [0.25, 0.3) is 11.8 Å². The minimum absolute atomic E-state index is 0.0237. The number of benzene rings is 1. The molecule has 1 aliphatic heterocycles. The van der Waals surface area contributed by atoms with Crippen LogP contribution in [0.3, 0.4) is 0 Å². The lowest BCUT2D eigenvalue weighted by Crippen LogP contribution is -2.55. The number of anilines is 2. The predicted octanol–water partition coefficient (Wildman–Crippen LogP) is 1.01. The first-order valence-electron chi connectivity index (χ1n) is 9.17. The lowest BCUT2D eigenvalue weighted by atomic mass is 10.1. The maximum Gasteiger partial charge on any atom is 0.401 e. The van der Waals surface area contributed by atoms with Crippen LogP contribution in [0.5, 0.6) is 0 Å². The molecule has 0 bridgehead atoms. The van der Waals surface area contributed by atoms with E-state index in [1.807, 2.05) is 0 Å². The molecule has 1 saturated carbocycles. The number of morpholine rings is 1. The predicted molar refractivity (Wildman–Crippen MR) is 97.0 cm³/mol. The van der Waals surface area contributed by atoms with Crippen molar-refractivity contribution in [3.05, 3.63) is 24.0 Å². The molecule has 1 aromatic rings. The summed E-state index contributed by atoms with van der Waals surface area (Å²) in [5.74, 6) is -3.58. The van der Waals surface area contributed by atoms with Crippen molar-refractivity contribution in [2.45, 2.75) is 31.1 Å². The van der Waals surface area contributed by atoms with Crippen molar-refractivity contribution >= 4 is 29.1 Å². The zero-order valence-corrected chi connectivity index (χ0v) is 15.7. The van der Waals surface area contributed by atoms with Crippen LogP contribution >= 0.6 is 0 Å². The molecule has 0 unspecified atom stereocenters. The maximum atomic E-state index is 14.5. The minimum Gasteiger partial charge on any atom is -0.370 e. The van der Waals surface area contributed by atoms with E-state index in [1.54, 1.807) is 0 Å². The molecule has 0 radical (unpaired) electrons.